The zero-order chi connectivity index (χ0) is 19.4. The first-order chi connectivity index (χ1) is 13.0. The summed E-state index contributed by atoms with van der Waals surface area (Å²) in [7, 11) is 3.10. The minimum atomic E-state index is -0.0570. The SMILES string of the molecule is COc1ccc(C(=O)N2CCN(c3nc(C)cc(C#N)n3)CC2)cc1OC. The number of hydrogen-bond donors (Lipinski definition) is 0. The van der Waals surface area contributed by atoms with E-state index in [1.165, 1.54) is 0 Å². The summed E-state index contributed by atoms with van der Waals surface area (Å²) in [6, 6.07) is 8.86. The van der Waals surface area contributed by atoms with Gasteiger partial charge in [0.25, 0.3) is 5.91 Å². The summed E-state index contributed by atoms with van der Waals surface area (Å²) in [6.07, 6.45) is 0. The number of hydrogen-bond acceptors (Lipinski definition) is 7. The standard InChI is InChI=1S/C19H21N5O3/c1-13-10-15(12-20)22-19(21-13)24-8-6-23(7-9-24)18(25)14-4-5-16(26-2)17(11-14)27-3/h4-5,10-11H,6-9H2,1-3H3. The number of methoxy groups -OCH3 is 2. The van der Waals surface area contributed by atoms with E-state index >= 15 is 0 Å². The van der Waals surface area contributed by atoms with Crippen molar-refractivity contribution in [1.82, 2.24) is 14.9 Å². The van der Waals surface area contributed by atoms with Gasteiger partial charge in [-0.15, -0.1) is 0 Å². The van der Waals surface area contributed by atoms with Crippen LogP contribution in [0.25, 0.3) is 0 Å². The van der Waals surface area contributed by atoms with E-state index in [9.17, 15) is 4.79 Å². The Hall–Kier alpha value is -3.34. The van der Waals surface area contributed by atoms with E-state index in [1.54, 1.807) is 43.4 Å². The lowest BCUT2D eigenvalue weighted by Gasteiger charge is -2.35. The smallest absolute Gasteiger partial charge is 0.254 e. The Morgan fingerprint density at radius 2 is 1.78 bits per heavy atom. The van der Waals surface area contributed by atoms with Gasteiger partial charge >= 0.3 is 0 Å². The first-order valence-electron chi connectivity index (χ1n) is 8.57. The lowest BCUT2D eigenvalue weighted by atomic mass is 10.1. The number of rotatable bonds is 4. The number of piperazine rings is 1. The Labute approximate surface area is 158 Å². The molecule has 1 amide bonds. The molecule has 8 heteroatoms. The molecule has 0 atom stereocenters. The van der Waals surface area contributed by atoms with E-state index in [4.69, 9.17) is 14.7 Å². The van der Waals surface area contributed by atoms with E-state index in [2.05, 4.69) is 16.0 Å². The van der Waals surface area contributed by atoms with Crippen molar-refractivity contribution in [1.29, 1.82) is 5.26 Å². The van der Waals surface area contributed by atoms with E-state index in [0.717, 1.165) is 5.69 Å². The monoisotopic (exact) mass is 367 g/mol. The van der Waals surface area contributed by atoms with Gasteiger partial charge in [0.2, 0.25) is 5.95 Å². The van der Waals surface area contributed by atoms with Crippen molar-refractivity contribution in [2.24, 2.45) is 0 Å². The summed E-state index contributed by atoms with van der Waals surface area (Å²) < 4.78 is 10.5. The first-order valence-corrected chi connectivity index (χ1v) is 8.57. The maximum absolute atomic E-state index is 12.8. The molecule has 1 saturated heterocycles. The van der Waals surface area contributed by atoms with Gasteiger partial charge in [0.1, 0.15) is 11.8 Å². The highest BCUT2D eigenvalue weighted by molar-refractivity contribution is 5.95. The summed E-state index contributed by atoms with van der Waals surface area (Å²) in [5.74, 6) is 1.59. The third-order valence-electron chi connectivity index (χ3n) is 4.44. The fourth-order valence-electron chi connectivity index (χ4n) is 3.01. The number of carbonyl (C=O) groups is 1. The van der Waals surface area contributed by atoms with Crippen molar-refractivity contribution in [3.8, 4) is 17.6 Å². The summed E-state index contributed by atoms with van der Waals surface area (Å²) >= 11 is 0. The van der Waals surface area contributed by atoms with Crippen LogP contribution in [0.4, 0.5) is 5.95 Å². The predicted molar refractivity (Wildman–Crippen MR) is 99.1 cm³/mol. The van der Waals surface area contributed by atoms with Crippen LogP contribution < -0.4 is 14.4 Å². The maximum atomic E-state index is 12.8. The van der Waals surface area contributed by atoms with Gasteiger partial charge in [-0.25, -0.2) is 9.97 Å². The Balaban J connectivity index is 1.70. The molecule has 2 heterocycles. The predicted octanol–water partition coefficient (Wildman–Crippen LogP) is 1.64. The van der Waals surface area contributed by atoms with Crippen molar-refractivity contribution < 1.29 is 14.3 Å². The highest BCUT2D eigenvalue weighted by Gasteiger charge is 2.24. The Bertz CT molecular complexity index is 885. The lowest BCUT2D eigenvalue weighted by molar-refractivity contribution is 0.0745. The molecule has 0 unspecified atom stereocenters. The van der Waals surface area contributed by atoms with Gasteiger partial charge < -0.3 is 19.3 Å². The van der Waals surface area contributed by atoms with Crippen molar-refractivity contribution in [2.45, 2.75) is 6.92 Å². The minimum Gasteiger partial charge on any atom is -0.493 e. The second-order valence-corrected chi connectivity index (χ2v) is 6.16. The molecule has 27 heavy (non-hydrogen) atoms. The molecule has 0 aliphatic carbocycles. The molecule has 1 fully saturated rings. The molecule has 0 N–H and O–H groups in total. The maximum Gasteiger partial charge on any atom is 0.254 e. The molecule has 0 radical (unpaired) electrons. The second-order valence-electron chi connectivity index (χ2n) is 6.16. The van der Waals surface area contributed by atoms with Crippen LogP contribution in [0.2, 0.25) is 0 Å². The van der Waals surface area contributed by atoms with Gasteiger partial charge in [-0.2, -0.15) is 5.26 Å². The van der Waals surface area contributed by atoms with Gasteiger partial charge in [-0.1, -0.05) is 0 Å². The van der Waals surface area contributed by atoms with Crippen molar-refractivity contribution in [3.63, 3.8) is 0 Å². The van der Waals surface area contributed by atoms with Gasteiger partial charge in [0, 0.05) is 37.4 Å². The fraction of sp³-hybridized carbons (Fsp3) is 0.368. The molecule has 1 aromatic heterocycles. The molecule has 0 saturated carbocycles. The highest BCUT2D eigenvalue weighted by atomic mass is 16.5. The summed E-state index contributed by atoms with van der Waals surface area (Å²) in [5.41, 5.74) is 1.65. The zero-order valence-corrected chi connectivity index (χ0v) is 15.6. The topological polar surface area (TPSA) is 91.6 Å². The van der Waals surface area contributed by atoms with Crippen LogP contribution in [0.15, 0.2) is 24.3 Å². The lowest BCUT2D eigenvalue weighted by Crippen LogP contribution is -2.49. The van der Waals surface area contributed by atoms with Crippen LogP contribution in [0.5, 0.6) is 11.5 Å². The fourth-order valence-corrected chi connectivity index (χ4v) is 3.01. The molecular weight excluding hydrogens is 346 g/mol. The van der Waals surface area contributed by atoms with Crippen molar-refractivity contribution in [3.05, 3.63) is 41.2 Å². The number of carbonyl (C=O) groups excluding carboxylic acids is 1. The molecule has 140 valence electrons. The molecule has 8 nitrogen and oxygen atoms in total. The average molecular weight is 367 g/mol. The summed E-state index contributed by atoms with van der Waals surface area (Å²) in [5, 5.41) is 9.08. The van der Waals surface area contributed by atoms with Crippen LogP contribution >= 0.6 is 0 Å². The number of benzene rings is 1. The number of ether oxygens (including phenoxy) is 2. The number of aryl methyl sites for hydroxylation is 1. The second kappa shape index (κ2) is 7.91. The normalized spacial score (nSPS) is 13.9. The van der Waals surface area contributed by atoms with E-state index in [0.29, 0.717) is 54.9 Å². The van der Waals surface area contributed by atoms with Crippen LogP contribution in [0, 0.1) is 18.3 Å². The zero-order valence-electron chi connectivity index (χ0n) is 15.6. The van der Waals surface area contributed by atoms with Crippen LogP contribution in [0.3, 0.4) is 0 Å². The number of nitrogens with zero attached hydrogens (tertiary/aromatic N) is 5. The third-order valence-corrected chi connectivity index (χ3v) is 4.44. The number of nitriles is 1. The van der Waals surface area contributed by atoms with Gasteiger partial charge in [-0.3, -0.25) is 4.79 Å². The molecule has 1 aliphatic heterocycles. The molecule has 1 aromatic carbocycles. The Kier molecular flexibility index (Phi) is 5.41. The van der Waals surface area contributed by atoms with E-state index in [-0.39, 0.29) is 5.91 Å². The van der Waals surface area contributed by atoms with Gasteiger partial charge in [-0.05, 0) is 31.2 Å². The van der Waals surface area contributed by atoms with Crippen LogP contribution in [-0.2, 0) is 0 Å². The average Bonchev–Trinajstić information content (AvgIpc) is 2.72. The Morgan fingerprint density at radius 3 is 2.41 bits per heavy atom. The first kappa shape index (κ1) is 18.5. The number of anilines is 1. The van der Waals surface area contributed by atoms with Gasteiger partial charge in [0.15, 0.2) is 11.5 Å². The van der Waals surface area contributed by atoms with Crippen LogP contribution in [-0.4, -0.2) is 61.2 Å². The van der Waals surface area contributed by atoms with E-state index < -0.39 is 0 Å². The van der Waals surface area contributed by atoms with Gasteiger partial charge in [0.05, 0.1) is 14.2 Å². The largest absolute Gasteiger partial charge is 0.493 e. The minimum absolute atomic E-state index is 0.0570. The molecule has 0 bridgehead atoms. The molecule has 2 aromatic rings. The third kappa shape index (κ3) is 3.92. The van der Waals surface area contributed by atoms with Crippen molar-refractivity contribution >= 4 is 11.9 Å². The highest BCUT2D eigenvalue weighted by Crippen LogP contribution is 2.28. The number of amides is 1. The molecule has 1 aliphatic rings. The molecule has 0 spiro atoms. The van der Waals surface area contributed by atoms with E-state index in [1.807, 2.05) is 11.8 Å². The van der Waals surface area contributed by atoms with Crippen molar-refractivity contribution in [2.75, 3.05) is 45.3 Å². The molecular formula is C19H21N5O3. The van der Waals surface area contributed by atoms with Crippen LogP contribution in [0.1, 0.15) is 21.7 Å². The quantitative estimate of drug-likeness (QED) is 0.811. The summed E-state index contributed by atoms with van der Waals surface area (Å²) in [6.45, 7) is 4.14. The number of aromatic nitrogens is 2. The molecule has 3 rings (SSSR count). The summed E-state index contributed by atoms with van der Waals surface area (Å²) in [4.78, 5) is 25.3. The Morgan fingerprint density at radius 1 is 1.07 bits per heavy atom.